The summed E-state index contributed by atoms with van der Waals surface area (Å²) in [4.78, 5) is 29.3. The summed E-state index contributed by atoms with van der Waals surface area (Å²) in [6.45, 7) is 1.51. The van der Waals surface area contributed by atoms with Crippen molar-refractivity contribution < 1.29 is 9.59 Å². The Kier molecular flexibility index (Phi) is 7.38. The van der Waals surface area contributed by atoms with Crippen molar-refractivity contribution >= 4 is 40.0 Å². The van der Waals surface area contributed by atoms with E-state index in [9.17, 15) is 9.59 Å². The number of fused-ring (bicyclic) bond motifs is 1. The highest BCUT2D eigenvalue weighted by molar-refractivity contribution is 7.99. The van der Waals surface area contributed by atoms with Gasteiger partial charge >= 0.3 is 0 Å². The number of rotatable bonds is 8. The highest BCUT2D eigenvalue weighted by Crippen LogP contribution is 2.34. The number of pyridine rings is 1. The molecule has 8 heteroatoms. The molecule has 0 atom stereocenters. The van der Waals surface area contributed by atoms with Gasteiger partial charge in [0, 0.05) is 33.5 Å². The molecule has 0 spiro atoms. The molecule has 0 saturated heterocycles. The van der Waals surface area contributed by atoms with E-state index in [0.29, 0.717) is 22.2 Å². The normalized spacial score (nSPS) is 11.0. The third-order valence-corrected chi connectivity index (χ3v) is 7.51. The number of carbonyl (C=O) groups excluding carboxylic acids is 2. The van der Waals surface area contributed by atoms with E-state index in [1.54, 1.807) is 24.3 Å². The number of hydrogen-bond acceptors (Lipinski definition) is 6. The number of nitrogens with zero attached hydrogens (tertiary/aromatic N) is 4. The zero-order valence-electron chi connectivity index (χ0n) is 22.2. The van der Waals surface area contributed by atoms with Crippen LogP contribution in [0.15, 0.2) is 120 Å². The lowest BCUT2D eigenvalue weighted by Crippen LogP contribution is -2.14. The minimum absolute atomic E-state index is 0.0210. The molecule has 6 rings (SSSR count). The molecule has 1 amide bonds. The Labute approximate surface area is 241 Å². The van der Waals surface area contributed by atoms with Gasteiger partial charge < -0.3 is 5.32 Å². The van der Waals surface area contributed by atoms with Crippen LogP contribution in [0.4, 0.5) is 5.69 Å². The number of para-hydroxylation sites is 2. The van der Waals surface area contributed by atoms with Crippen LogP contribution in [0.25, 0.3) is 39.2 Å². The smallest absolute Gasteiger partial charge is 0.234 e. The quantitative estimate of drug-likeness (QED) is 0.159. The Hall–Kier alpha value is -5.08. The van der Waals surface area contributed by atoms with Crippen molar-refractivity contribution in [2.45, 2.75) is 12.1 Å². The van der Waals surface area contributed by atoms with Crippen LogP contribution in [0.2, 0.25) is 0 Å². The molecule has 0 aliphatic heterocycles. The second-order valence-corrected chi connectivity index (χ2v) is 10.3. The fourth-order valence-corrected chi connectivity index (χ4v) is 5.33. The predicted molar refractivity (Wildman–Crippen MR) is 163 cm³/mol. The van der Waals surface area contributed by atoms with Crippen molar-refractivity contribution in [3.05, 3.63) is 121 Å². The van der Waals surface area contributed by atoms with Gasteiger partial charge in [-0.05, 0) is 55.5 Å². The van der Waals surface area contributed by atoms with Crippen LogP contribution in [0.1, 0.15) is 17.3 Å². The molecular weight excluding hydrogens is 530 g/mol. The second kappa shape index (κ2) is 11.6. The van der Waals surface area contributed by atoms with E-state index >= 15 is 0 Å². The average Bonchev–Trinajstić information content (AvgIpc) is 3.44. The number of carbonyl (C=O) groups is 2. The average molecular weight is 556 g/mol. The Balaban J connectivity index is 1.36. The van der Waals surface area contributed by atoms with Gasteiger partial charge in [-0.2, -0.15) is 0 Å². The molecule has 6 aromatic rings. The first-order valence-electron chi connectivity index (χ1n) is 13.1. The second-order valence-electron chi connectivity index (χ2n) is 9.39. The highest BCUT2D eigenvalue weighted by Gasteiger charge is 2.20. The maximum Gasteiger partial charge on any atom is 0.234 e. The van der Waals surface area contributed by atoms with Gasteiger partial charge in [-0.1, -0.05) is 78.5 Å². The molecule has 200 valence electrons. The molecule has 0 fully saturated rings. The van der Waals surface area contributed by atoms with E-state index in [-0.39, 0.29) is 17.4 Å². The van der Waals surface area contributed by atoms with Crippen molar-refractivity contribution in [1.82, 2.24) is 19.7 Å². The van der Waals surface area contributed by atoms with Crippen LogP contribution >= 0.6 is 11.8 Å². The van der Waals surface area contributed by atoms with Gasteiger partial charge in [0.15, 0.2) is 16.8 Å². The molecule has 0 saturated carbocycles. The highest BCUT2D eigenvalue weighted by atomic mass is 32.2. The minimum atomic E-state index is -0.185. The van der Waals surface area contributed by atoms with Crippen LogP contribution in [0.5, 0.6) is 0 Å². The number of benzene rings is 4. The predicted octanol–water partition coefficient (Wildman–Crippen LogP) is 7.08. The lowest BCUT2D eigenvalue weighted by Gasteiger charge is -2.13. The number of nitrogens with one attached hydrogen (secondary N) is 1. The monoisotopic (exact) mass is 555 g/mol. The fraction of sp³-hybridized carbons (Fsp3) is 0.0606. The molecule has 2 heterocycles. The van der Waals surface area contributed by atoms with Gasteiger partial charge in [-0.15, -0.1) is 10.2 Å². The Bertz CT molecular complexity index is 1850. The molecule has 0 unspecified atom stereocenters. The lowest BCUT2D eigenvalue weighted by molar-refractivity contribution is -0.113. The van der Waals surface area contributed by atoms with Crippen molar-refractivity contribution in [3.63, 3.8) is 0 Å². The molecule has 0 radical (unpaired) electrons. The standard InChI is InChI=1S/C33H25N5O2S/c1-22(39)23-16-18-25(19-17-23)34-31(40)21-41-33-37-36-32(38(33)26-12-6-3-7-13-26)28-20-30(24-10-4-2-5-11-24)35-29-15-9-8-14-27(28)29/h2-20H,21H2,1H3,(H,34,40). The van der Waals surface area contributed by atoms with E-state index < -0.39 is 0 Å². The number of Topliss-reactive ketones (excluding diaryl/α,β-unsaturated/α-hetero) is 1. The van der Waals surface area contributed by atoms with Crippen LogP contribution in [0, 0.1) is 0 Å². The minimum Gasteiger partial charge on any atom is -0.325 e. The molecule has 0 aliphatic carbocycles. The molecule has 0 bridgehead atoms. The van der Waals surface area contributed by atoms with E-state index in [0.717, 1.165) is 33.4 Å². The third kappa shape index (κ3) is 5.64. The van der Waals surface area contributed by atoms with Crippen molar-refractivity contribution in [2.75, 3.05) is 11.1 Å². The number of ketones is 1. The van der Waals surface area contributed by atoms with Gasteiger partial charge in [0.1, 0.15) is 0 Å². The van der Waals surface area contributed by atoms with E-state index in [2.05, 4.69) is 15.5 Å². The molecule has 2 aromatic heterocycles. The zero-order valence-corrected chi connectivity index (χ0v) is 23.0. The summed E-state index contributed by atoms with van der Waals surface area (Å²) in [5.74, 6) is 0.587. The van der Waals surface area contributed by atoms with E-state index in [4.69, 9.17) is 4.98 Å². The van der Waals surface area contributed by atoms with Crippen LogP contribution in [-0.2, 0) is 4.79 Å². The first-order chi connectivity index (χ1) is 20.1. The Morgan fingerprint density at radius 3 is 2.22 bits per heavy atom. The van der Waals surface area contributed by atoms with Crippen LogP contribution in [0.3, 0.4) is 0 Å². The van der Waals surface area contributed by atoms with Crippen LogP contribution in [-0.4, -0.2) is 37.2 Å². The van der Waals surface area contributed by atoms with Crippen molar-refractivity contribution in [1.29, 1.82) is 0 Å². The Morgan fingerprint density at radius 2 is 1.49 bits per heavy atom. The maximum absolute atomic E-state index is 12.8. The number of aromatic nitrogens is 4. The van der Waals surface area contributed by atoms with Gasteiger partial charge in [-0.3, -0.25) is 14.2 Å². The largest absolute Gasteiger partial charge is 0.325 e. The summed E-state index contributed by atoms with van der Waals surface area (Å²) in [6.07, 6.45) is 0. The van der Waals surface area contributed by atoms with E-state index in [1.165, 1.54) is 18.7 Å². The number of thioether (sulfide) groups is 1. The summed E-state index contributed by atoms with van der Waals surface area (Å²) < 4.78 is 1.98. The number of hydrogen-bond donors (Lipinski definition) is 1. The molecule has 41 heavy (non-hydrogen) atoms. The molecule has 7 nitrogen and oxygen atoms in total. The Morgan fingerprint density at radius 1 is 0.805 bits per heavy atom. The van der Waals surface area contributed by atoms with Gasteiger partial charge in [-0.25, -0.2) is 4.98 Å². The maximum atomic E-state index is 12.8. The van der Waals surface area contributed by atoms with Gasteiger partial charge in [0.25, 0.3) is 0 Å². The number of anilines is 1. The molecule has 1 N–H and O–H groups in total. The van der Waals surface area contributed by atoms with E-state index in [1.807, 2.05) is 95.6 Å². The third-order valence-electron chi connectivity index (χ3n) is 6.58. The van der Waals surface area contributed by atoms with Crippen LogP contribution < -0.4 is 5.32 Å². The first kappa shape index (κ1) is 26.2. The first-order valence-corrected chi connectivity index (χ1v) is 14.1. The summed E-state index contributed by atoms with van der Waals surface area (Å²) in [5.41, 5.74) is 5.71. The van der Waals surface area contributed by atoms with Crippen molar-refractivity contribution in [3.8, 4) is 28.3 Å². The summed E-state index contributed by atoms with van der Waals surface area (Å²) in [7, 11) is 0. The summed E-state index contributed by atoms with van der Waals surface area (Å²) >= 11 is 1.31. The SMILES string of the molecule is CC(=O)c1ccc(NC(=O)CSc2nnc(-c3cc(-c4ccccc4)nc4ccccc34)n2-c2ccccc2)cc1. The van der Waals surface area contributed by atoms with Gasteiger partial charge in [0.2, 0.25) is 5.91 Å². The topological polar surface area (TPSA) is 89.8 Å². The van der Waals surface area contributed by atoms with Gasteiger partial charge in [0.05, 0.1) is 17.0 Å². The summed E-state index contributed by atoms with van der Waals surface area (Å²) in [6, 6.07) is 36.8. The summed E-state index contributed by atoms with van der Waals surface area (Å²) in [5, 5.41) is 13.6. The molecule has 0 aliphatic rings. The van der Waals surface area contributed by atoms with Crippen molar-refractivity contribution in [2.24, 2.45) is 0 Å². The number of amides is 1. The molecule has 4 aromatic carbocycles. The zero-order chi connectivity index (χ0) is 28.2. The molecular formula is C33H25N5O2S. The fourth-order valence-electron chi connectivity index (χ4n) is 4.58. The lowest BCUT2D eigenvalue weighted by atomic mass is 10.0.